The summed E-state index contributed by atoms with van der Waals surface area (Å²) in [7, 11) is 0. The van der Waals surface area contributed by atoms with Crippen molar-refractivity contribution in [3.05, 3.63) is 27.9 Å². The van der Waals surface area contributed by atoms with Gasteiger partial charge in [0.15, 0.2) is 0 Å². The maximum atomic E-state index is 4.29. The number of unbranched alkanes of at least 4 members (excludes halogenated alkanes) is 3. The first-order valence-corrected chi connectivity index (χ1v) is 6.32. The second kappa shape index (κ2) is 6.40. The topological polar surface area (TPSA) is 17.8 Å². The molecule has 14 heavy (non-hydrogen) atoms. The van der Waals surface area contributed by atoms with Crippen molar-refractivity contribution in [1.82, 2.24) is 9.78 Å². The minimum absolute atomic E-state index is 0.885. The molecule has 0 amide bonds. The zero-order chi connectivity index (χ0) is 10.4. The van der Waals surface area contributed by atoms with Gasteiger partial charge in [-0.15, -0.1) is 6.58 Å². The summed E-state index contributed by atoms with van der Waals surface area (Å²) in [4.78, 5) is 0. The van der Waals surface area contributed by atoms with Crippen LogP contribution in [0.5, 0.6) is 0 Å². The molecule has 1 aromatic rings. The Morgan fingerprint density at radius 3 is 2.71 bits per heavy atom. The molecule has 1 aromatic heterocycles. The van der Waals surface area contributed by atoms with E-state index in [0.29, 0.717) is 0 Å². The van der Waals surface area contributed by atoms with Gasteiger partial charge >= 0.3 is 0 Å². The summed E-state index contributed by atoms with van der Waals surface area (Å²) >= 11 is 6.80. The van der Waals surface area contributed by atoms with Gasteiger partial charge in [0.2, 0.25) is 0 Å². The van der Waals surface area contributed by atoms with E-state index in [9.17, 15) is 0 Å². The summed E-state index contributed by atoms with van der Waals surface area (Å²) in [6, 6.07) is 1.96. The van der Waals surface area contributed by atoms with E-state index >= 15 is 0 Å². The first-order chi connectivity index (χ1) is 6.74. The Bertz CT molecular complexity index is 294. The molecule has 1 rings (SSSR count). The van der Waals surface area contributed by atoms with E-state index in [1.54, 1.807) is 0 Å². The van der Waals surface area contributed by atoms with Crippen LogP contribution in [0.3, 0.4) is 0 Å². The van der Waals surface area contributed by atoms with E-state index in [1.165, 1.54) is 19.3 Å². The molecule has 0 fully saturated rings. The molecule has 0 aliphatic heterocycles. The molecule has 0 aliphatic rings. The molecular weight excluding hydrogens is 308 g/mol. The van der Waals surface area contributed by atoms with E-state index in [2.05, 4.69) is 43.5 Å². The van der Waals surface area contributed by atoms with Crippen LogP contribution >= 0.6 is 31.9 Å². The molecule has 0 radical (unpaired) electrons. The molecule has 0 aromatic carbocycles. The van der Waals surface area contributed by atoms with E-state index in [0.717, 1.165) is 22.2 Å². The molecule has 0 atom stereocenters. The van der Waals surface area contributed by atoms with Gasteiger partial charge in [0.05, 0.1) is 0 Å². The highest BCUT2D eigenvalue weighted by molar-refractivity contribution is 9.11. The predicted molar refractivity (Wildman–Crippen MR) is 66.3 cm³/mol. The van der Waals surface area contributed by atoms with Crippen molar-refractivity contribution in [1.29, 1.82) is 0 Å². The highest BCUT2D eigenvalue weighted by Gasteiger charge is 2.01. The molecule has 0 saturated heterocycles. The van der Waals surface area contributed by atoms with Crippen LogP contribution in [0.15, 0.2) is 27.9 Å². The lowest BCUT2D eigenvalue weighted by atomic mass is 10.2. The Balaban J connectivity index is 2.24. The maximum absolute atomic E-state index is 4.29. The van der Waals surface area contributed by atoms with Crippen LogP contribution in [0.25, 0.3) is 0 Å². The first-order valence-electron chi connectivity index (χ1n) is 4.74. The van der Waals surface area contributed by atoms with Gasteiger partial charge in [-0.1, -0.05) is 12.5 Å². The van der Waals surface area contributed by atoms with Crippen molar-refractivity contribution in [2.24, 2.45) is 0 Å². The number of hydrogen-bond acceptors (Lipinski definition) is 1. The van der Waals surface area contributed by atoms with Crippen LogP contribution < -0.4 is 0 Å². The normalized spacial score (nSPS) is 10.4. The van der Waals surface area contributed by atoms with Crippen molar-refractivity contribution >= 4 is 31.9 Å². The fourth-order valence-corrected chi connectivity index (χ4v) is 2.44. The molecule has 2 nitrogen and oxygen atoms in total. The highest BCUT2D eigenvalue weighted by Crippen LogP contribution is 2.17. The summed E-state index contributed by atoms with van der Waals surface area (Å²) < 4.78 is 3.89. The Labute approximate surface area is 102 Å². The van der Waals surface area contributed by atoms with Crippen molar-refractivity contribution in [3.63, 3.8) is 0 Å². The van der Waals surface area contributed by atoms with Gasteiger partial charge in [0.25, 0.3) is 0 Å². The van der Waals surface area contributed by atoms with Gasteiger partial charge in [-0.3, -0.25) is 4.68 Å². The Hall–Kier alpha value is -0.0900. The van der Waals surface area contributed by atoms with Gasteiger partial charge < -0.3 is 0 Å². The molecule has 0 bridgehead atoms. The van der Waals surface area contributed by atoms with E-state index in [-0.39, 0.29) is 0 Å². The van der Waals surface area contributed by atoms with Crippen molar-refractivity contribution in [2.45, 2.75) is 32.2 Å². The average molecular weight is 322 g/mol. The highest BCUT2D eigenvalue weighted by atomic mass is 79.9. The summed E-state index contributed by atoms with van der Waals surface area (Å²) in [5.74, 6) is 0. The van der Waals surface area contributed by atoms with E-state index < -0.39 is 0 Å². The van der Waals surface area contributed by atoms with E-state index in [1.807, 2.05) is 16.8 Å². The third-order valence-electron chi connectivity index (χ3n) is 1.98. The lowest BCUT2D eigenvalue weighted by Crippen LogP contribution is -2.00. The summed E-state index contributed by atoms with van der Waals surface area (Å²) in [5.41, 5.74) is 0. The van der Waals surface area contributed by atoms with Crippen molar-refractivity contribution in [2.75, 3.05) is 0 Å². The fourth-order valence-electron chi connectivity index (χ4n) is 1.25. The Morgan fingerprint density at radius 1 is 1.36 bits per heavy atom. The molecule has 0 aliphatic carbocycles. The molecule has 1 heterocycles. The fraction of sp³-hybridized carbons (Fsp3) is 0.500. The third kappa shape index (κ3) is 3.96. The number of rotatable bonds is 6. The molecule has 78 valence electrons. The number of allylic oxidation sites excluding steroid dienone is 1. The Kier molecular flexibility index (Phi) is 5.48. The van der Waals surface area contributed by atoms with Crippen LogP contribution in [0.2, 0.25) is 0 Å². The van der Waals surface area contributed by atoms with Gasteiger partial charge in [-0.05, 0) is 51.1 Å². The zero-order valence-electron chi connectivity index (χ0n) is 8.05. The minimum atomic E-state index is 0.885. The Morgan fingerprint density at radius 2 is 2.14 bits per heavy atom. The molecule has 4 heteroatoms. The quantitative estimate of drug-likeness (QED) is 0.568. The summed E-state index contributed by atoms with van der Waals surface area (Å²) in [6.45, 7) is 4.68. The third-order valence-corrected chi connectivity index (χ3v) is 3.01. The minimum Gasteiger partial charge on any atom is -0.257 e. The largest absolute Gasteiger partial charge is 0.257 e. The lowest BCUT2D eigenvalue weighted by Gasteiger charge is -2.02. The zero-order valence-corrected chi connectivity index (χ0v) is 11.2. The van der Waals surface area contributed by atoms with Crippen molar-refractivity contribution in [3.8, 4) is 0 Å². The smallest absolute Gasteiger partial charge is 0.129 e. The SMILES string of the molecule is C=CCCCCCn1nc(Br)cc1Br. The number of nitrogens with zero attached hydrogens (tertiary/aromatic N) is 2. The predicted octanol–water partition coefficient (Wildman–Crippen LogP) is 4.15. The number of hydrogen-bond donors (Lipinski definition) is 0. The van der Waals surface area contributed by atoms with Crippen LogP contribution in [-0.4, -0.2) is 9.78 Å². The second-order valence-corrected chi connectivity index (χ2v) is 4.78. The molecule has 0 saturated carbocycles. The number of aryl methyl sites for hydroxylation is 1. The van der Waals surface area contributed by atoms with E-state index in [4.69, 9.17) is 0 Å². The average Bonchev–Trinajstić information content (AvgIpc) is 2.45. The summed E-state index contributed by atoms with van der Waals surface area (Å²) in [6.07, 6.45) is 6.71. The first kappa shape index (κ1) is 12.0. The molecule has 0 spiro atoms. The standard InChI is InChI=1S/C10H14Br2N2/c1-2-3-4-5-6-7-14-10(12)8-9(11)13-14/h2,8H,1,3-7H2. The van der Waals surface area contributed by atoms with Crippen LogP contribution in [0, 0.1) is 0 Å². The maximum Gasteiger partial charge on any atom is 0.129 e. The van der Waals surface area contributed by atoms with Crippen LogP contribution in [-0.2, 0) is 6.54 Å². The monoisotopic (exact) mass is 320 g/mol. The molecular formula is C10H14Br2N2. The van der Waals surface area contributed by atoms with Gasteiger partial charge in [0.1, 0.15) is 9.21 Å². The van der Waals surface area contributed by atoms with Crippen molar-refractivity contribution < 1.29 is 0 Å². The number of halogens is 2. The summed E-state index contributed by atoms with van der Waals surface area (Å²) in [5, 5.41) is 4.29. The second-order valence-electron chi connectivity index (χ2n) is 3.15. The molecule has 0 unspecified atom stereocenters. The van der Waals surface area contributed by atoms with Gasteiger partial charge in [0, 0.05) is 12.6 Å². The lowest BCUT2D eigenvalue weighted by molar-refractivity contribution is 0.536. The van der Waals surface area contributed by atoms with Gasteiger partial charge in [-0.25, -0.2) is 0 Å². The van der Waals surface area contributed by atoms with Crippen LogP contribution in [0.4, 0.5) is 0 Å². The van der Waals surface area contributed by atoms with Crippen LogP contribution in [0.1, 0.15) is 25.7 Å². The number of aromatic nitrogens is 2. The molecule has 0 N–H and O–H groups in total. The van der Waals surface area contributed by atoms with Gasteiger partial charge in [-0.2, -0.15) is 5.10 Å².